The summed E-state index contributed by atoms with van der Waals surface area (Å²) in [7, 11) is 1.73. The normalized spacial score (nSPS) is 28.0. The van der Waals surface area contributed by atoms with Crippen LogP contribution in [0.5, 0.6) is 0 Å². The first kappa shape index (κ1) is 12.9. The minimum atomic E-state index is -0.0970. The molecule has 0 saturated heterocycles. The van der Waals surface area contributed by atoms with E-state index >= 15 is 0 Å². The maximum Gasteiger partial charge on any atom is 0.0644 e. The fraction of sp³-hybridized carbons (Fsp3) is 1.00. The third-order valence-corrected chi connectivity index (χ3v) is 3.25. The number of aliphatic hydroxyl groups is 1. The molecule has 0 bridgehead atoms. The molecule has 0 aromatic carbocycles. The number of rotatable bonds is 5. The van der Waals surface area contributed by atoms with Crippen LogP contribution in [0, 0.1) is 0 Å². The van der Waals surface area contributed by atoms with Crippen LogP contribution in [0.3, 0.4) is 0 Å². The van der Waals surface area contributed by atoms with Gasteiger partial charge in [-0.05, 0) is 46.0 Å². The molecule has 1 rings (SSSR count). The van der Waals surface area contributed by atoms with Crippen molar-refractivity contribution in [3.63, 3.8) is 0 Å². The van der Waals surface area contributed by atoms with Crippen LogP contribution in [-0.4, -0.2) is 36.6 Å². The summed E-state index contributed by atoms with van der Waals surface area (Å²) in [5.41, 5.74) is -0.0891. The van der Waals surface area contributed by atoms with E-state index in [1.807, 2.05) is 0 Å². The van der Waals surface area contributed by atoms with E-state index in [-0.39, 0.29) is 11.7 Å². The van der Waals surface area contributed by atoms with Gasteiger partial charge in [0.15, 0.2) is 0 Å². The topological polar surface area (TPSA) is 38.7 Å². The number of hydrogen-bond acceptors (Lipinski definition) is 3. The molecule has 0 aromatic rings. The van der Waals surface area contributed by atoms with Gasteiger partial charge in [-0.2, -0.15) is 0 Å². The molecule has 3 heteroatoms. The van der Waals surface area contributed by atoms with Crippen LogP contribution in [-0.2, 0) is 9.47 Å². The second-order valence-corrected chi connectivity index (χ2v) is 5.02. The van der Waals surface area contributed by atoms with Crippen molar-refractivity contribution in [3.05, 3.63) is 0 Å². The van der Waals surface area contributed by atoms with Gasteiger partial charge in [0.25, 0.3) is 0 Å². The Bertz CT molecular complexity index is 172. The Balaban J connectivity index is 2.10. The minimum absolute atomic E-state index is 0.0891. The van der Waals surface area contributed by atoms with Crippen molar-refractivity contribution < 1.29 is 14.6 Å². The van der Waals surface area contributed by atoms with Gasteiger partial charge in [0.1, 0.15) is 0 Å². The van der Waals surface area contributed by atoms with Gasteiger partial charge in [0.2, 0.25) is 0 Å². The molecule has 3 nitrogen and oxygen atoms in total. The van der Waals surface area contributed by atoms with E-state index in [9.17, 15) is 5.11 Å². The van der Waals surface area contributed by atoms with E-state index in [0.29, 0.717) is 6.10 Å². The summed E-state index contributed by atoms with van der Waals surface area (Å²) >= 11 is 0. The third-order valence-electron chi connectivity index (χ3n) is 3.25. The van der Waals surface area contributed by atoms with Crippen molar-refractivity contribution >= 4 is 0 Å². The molecule has 0 unspecified atom stereocenters. The van der Waals surface area contributed by atoms with Gasteiger partial charge < -0.3 is 14.6 Å². The highest BCUT2D eigenvalue weighted by atomic mass is 16.5. The SMILES string of the molecule is COC(C)(C)CCOC1CCC(O)CC1. The first-order valence-electron chi connectivity index (χ1n) is 5.88. The fourth-order valence-electron chi connectivity index (χ4n) is 1.79. The van der Waals surface area contributed by atoms with Crippen LogP contribution < -0.4 is 0 Å². The molecular weight excluding hydrogens is 192 g/mol. The average molecular weight is 216 g/mol. The third kappa shape index (κ3) is 4.96. The highest BCUT2D eigenvalue weighted by molar-refractivity contribution is 4.73. The van der Waals surface area contributed by atoms with Crippen molar-refractivity contribution in [1.82, 2.24) is 0 Å². The molecule has 1 saturated carbocycles. The zero-order valence-corrected chi connectivity index (χ0v) is 10.2. The van der Waals surface area contributed by atoms with E-state index in [1.165, 1.54) is 0 Å². The Morgan fingerprint density at radius 1 is 1.20 bits per heavy atom. The van der Waals surface area contributed by atoms with Gasteiger partial charge in [-0.3, -0.25) is 0 Å². The summed E-state index contributed by atoms with van der Waals surface area (Å²) in [6.07, 6.45) is 4.93. The molecule has 1 N–H and O–H groups in total. The predicted octanol–water partition coefficient (Wildman–Crippen LogP) is 2.12. The Kier molecular flexibility index (Phi) is 5.03. The Morgan fingerprint density at radius 2 is 1.80 bits per heavy atom. The molecule has 0 aliphatic heterocycles. The zero-order valence-electron chi connectivity index (χ0n) is 10.2. The second-order valence-electron chi connectivity index (χ2n) is 5.02. The molecule has 15 heavy (non-hydrogen) atoms. The smallest absolute Gasteiger partial charge is 0.0644 e. The minimum Gasteiger partial charge on any atom is -0.393 e. The molecule has 0 amide bonds. The Morgan fingerprint density at radius 3 is 2.33 bits per heavy atom. The van der Waals surface area contributed by atoms with Crippen LogP contribution >= 0.6 is 0 Å². The van der Waals surface area contributed by atoms with Crippen molar-refractivity contribution in [1.29, 1.82) is 0 Å². The summed E-state index contributed by atoms with van der Waals surface area (Å²) in [6.45, 7) is 4.89. The summed E-state index contributed by atoms with van der Waals surface area (Å²) in [6, 6.07) is 0. The molecule has 0 atom stereocenters. The molecule has 0 spiro atoms. The maximum absolute atomic E-state index is 9.34. The molecular formula is C12H24O3. The molecule has 0 aromatic heterocycles. The molecule has 90 valence electrons. The van der Waals surface area contributed by atoms with E-state index in [0.717, 1.165) is 38.7 Å². The lowest BCUT2D eigenvalue weighted by Gasteiger charge is -2.28. The van der Waals surface area contributed by atoms with Gasteiger partial charge in [-0.15, -0.1) is 0 Å². The first-order valence-corrected chi connectivity index (χ1v) is 5.88. The largest absolute Gasteiger partial charge is 0.393 e. The van der Waals surface area contributed by atoms with E-state index in [1.54, 1.807) is 7.11 Å². The van der Waals surface area contributed by atoms with Crippen LogP contribution in [0.2, 0.25) is 0 Å². The maximum atomic E-state index is 9.34. The Hall–Kier alpha value is -0.120. The monoisotopic (exact) mass is 216 g/mol. The van der Waals surface area contributed by atoms with Crippen LogP contribution in [0.15, 0.2) is 0 Å². The standard InChI is InChI=1S/C12H24O3/c1-12(2,14-3)8-9-15-11-6-4-10(13)5-7-11/h10-11,13H,4-9H2,1-3H3. The van der Waals surface area contributed by atoms with E-state index in [4.69, 9.17) is 9.47 Å². The van der Waals surface area contributed by atoms with Crippen molar-refractivity contribution in [2.75, 3.05) is 13.7 Å². The first-order chi connectivity index (χ1) is 7.03. The van der Waals surface area contributed by atoms with Crippen LogP contribution in [0.4, 0.5) is 0 Å². The molecule has 0 radical (unpaired) electrons. The second kappa shape index (κ2) is 5.83. The van der Waals surface area contributed by atoms with Gasteiger partial charge in [0, 0.05) is 13.7 Å². The number of aliphatic hydroxyl groups excluding tert-OH is 1. The number of methoxy groups -OCH3 is 1. The lowest BCUT2D eigenvalue weighted by molar-refractivity contribution is -0.0438. The summed E-state index contributed by atoms with van der Waals surface area (Å²) < 4.78 is 11.1. The van der Waals surface area contributed by atoms with Gasteiger partial charge >= 0.3 is 0 Å². The fourth-order valence-corrected chi connectivity index (χ4v) is 1.79. The van der Waals surface area contributed by atoms with Crippen LogP contribution in [0.25, 0.3) is 0 Å². The molecule has 0 heterocycles. The summed E-state index contributed by atoms with van der Waals surface area (Å²) in [4.78, 5) is 0. The number of hydrogen-bond donors (Lipinski definition) is 1. The summed E-state index contributed by atoms with van der Waals surface area (Å²) in [5.74, 6) is 0. The average Bonchev–Trinajstić information content (AvgIpc) is 2.21. The van der Waals surface area contributed by atoms with Crippen LogP contribution in [0.1, 0.15) is 46.0 Å². The quantitative estimate of drug-likeness (QED) is 0.765. The van der Waals surface area contributed by atoms with Crippen molar-refractivity contribution in [2.24, 2.45) is 0 Å². The van der Waals surface area contributed by atoms with Crippen molar-refractivity contribution in [2.45, 2.75) is 63.8 Å². The molecule has 1 fully saturated rings. The zero-order chi connectivity index (χ0) is 11.3. The number of ether oxygens (including phenoxy) is 2. The van der Waals surface area contributed by atoms with Gasteiger partial charge in [-0.25, -0.2) is 0 Å². The molecule has 1 aliphatic carbocycles. The lowest BCUT2D eigenvalue weighted by atomic mass is 9.95. The molecule has 1 aliphatic rings. The summed E-state index contributed by atoms with van der Waals surface area (Å²) in [5, 5.41) is 9.34. The highest BCUT2D eigenvalue weighted by Gasteiger charge is 2.21. The Labute approximate surface area is 92.8 Å². The lowest BCUT2D eigenvalue weighted by Crippen LogP contribution is -2.28. The van der Waals surface area contributed by atoms with Crippen molar-refractivity contribution in [3.8, 4) is 0 Å². The van der Waals surface area contributed by atoms with Gasteiger partial charge in [-0.1, -0.05) is 0 Å². The highest BCUT2D eigenvalue weighted by Crippen LogP contribution is 2.22. The van der Waals surface area contributed by atoms with E-state index in [2.05, 4.69) is 13.8 Å². The predicted molar refractivity (Wildman–Crippen MR) is 59.9 cm³/mol. The van der Waals surface area contributed by atoms with Gasteiger partial charge in [0.05, 0.1) is 17.8 Å². The van der Waals surface area contributed by atoms with E-state index < -0.39 is 0 Å².